The number of carboxylic acid groups (broad SMARTS) is 1. The molecule has 0 unspecified atom stereocenters. The van der Waals surface area contributed by atoms with Crippen molar-refractivity contribution in [1.82, 2.24) is 4.98 Å². The summed E-state index contributed by atoms with van der Waals surface area (Å²) in [7, 11) is 1.25. The highest BCUT2D eigenvalue weighted by molar-refractivity contribution is 5.93. The Balaban J connectivity index is 2.19. The number of aldehydes is 1. The summed E-state index contributed by atoms with van der Waals surface area (Å²) in [5.74, 6) is -3.65. The maximum atomic E-state index is 11.9. The predicted molar refractivity (Wildman–Crippen MR) is 67.8 cm³/mol. The second-order valence-electron chi connectivity index (χ2n) is 5.32. The van der Waals surface area contributed by atoms with Crippen LogP contribution in [0.15, 0.2) is 0 Å². The SMILES string of the molecule is COC(=O)[C@@H]1[C@@H](C#N)[C@H]2C[C@@H]1c1c(C(=O)O)[nH]c(C=O)c12. The number of esters is 1. The van der Waals surface area contributed by atoms with Crippen molar-refractivity contribution in [2.75, 3.05) is 7.11 Å². The summed E-state index contributed by atoms with van der Waals surface area (Å²) in [5, 5.41) is 18.6. The summed E-state index contributed by atoms with van der Waals surface area (Å²) in [6, 6.07) is 2.11. The number of carbonyl (C=O) groups excluding carboxylic acids is 2. The molecule has 1 heterocycles. The van der Waals surface area contributed by atoms with Gasteiger partial charge < -0.3 is 14.8 Å². The number of hydrogen-bond acceptors (Lipinski definition) is 5. The van der Waals surface area contributed by atoms with Gasteiger partial charge in [-0.15, -0.1) is 0 Å². The monoisotopic (exact) mass is 288 g/mol. The Morgan fingerprint density at radius 2 is 2.14 bits per heavy atom. The molecule has 2 bridgehead atoms. The van der Waals surface area contributed by atoms with E-state index < -0.39 is 29.7 Å². The lowest BCUT2D eigenvalue weighted by Gasteiger charge is -2.25. The number of H-pyrrole nitrogens is 1. The van der Waals surface area contributed by atoms with Crippen molar-refractivity contribution in [3.05, 3.63) is 22.5 Å². The number of nitrogens with one attached hydrogen (secondary N) is 1. The molecule has 7 nitrogen and oxygen atoms in total. The molecule has 0 amide bonds. The zero-order chi connectivity index (χ0) is 15.3. The van der Waals surface area contributed by atoms with Gasteiger partial charge in [-0.3, -0.25) is 9.59 Å². The maximum Gasteiger partial charge on any atom is 0.352 e. The van der Waals surface area contributed by atoms with Gasteiger partial charge in [-0.25, -0.2) is 4.79 Å². The minimum atomic E-state index is -1.18. The first kappa shape index (κ1) is 13.4. The molecule has 1 aromatic rings. The largest absolute Gasteiger partial charge is 0.477 e. The van der Waals surface area contributed by atoms with E-state index in [0.717, 1.165) is 0 Å². The highest BCUT2D eigenvalue weighted by Gasteiger charge is 2.57. The fourth-order valence-electron chi connectivity index (χ4n) is 3.87. The Morgan fingerprint density at radius 1 is 1.43 bits per heavy atom. The van der Waals surface area contributed by atoms with Crippen LogP contribution in [0.2, 0.25) is 0 Å². The van der Waals surface area contributed by atoms with Crippen LogP contribution in [0.25, 0.3) is 0 Å². The molecule has 1 fully saturated rings. The molecular weight excluding hydrogens is 276 g/mol. The summed E-state index contributed by atoms with van der Waals surface area (Å²) >= 11 is 0. The summed E-state index contributed by atoms with van der Waals surface area (Å²) < 4.78 is 4.75. The van der Waals surface area contributed by atoms with Crippen LogP contribution in [0.1, 0.15) is 50.4 Å². The van der Waals surface area contributed by atoms with Gasteiger partial charge in [0.05, 0.1) is 30.7 Å². The van der Waals surface area contributed by atoms with Crippen LogP contribution in [0.3, 0.4) is 0 Å². The number of aromatic amines is 1. The second-order valence-corrected chi connectivity index (χ2v) is 5.32. The first-order valence-corrected chi connectivity index (χ1v) is 6.46. The van der Waals surface area contributed by atoms with E-state index in [-0.39, 0.29) is 17.3 Å². The Hall–Kier alpha value is -2.62. The Morgan fingerprint density at radius 3 is 2.67 bits per heavy atom. The first-order valence-electron chi connectivity index (χ1n) is 6.46. The van der Waals surface area contributed by atoms with E-state index >= 15 is 0 Å². The Kier molecular flexibility index (Phi) is 2.83. The minimum absolute atomic E-state index is 0.0649. The molecule has 3 rings (SSSR count). The van der Waals surface area contributed by atoms with Gasteiger partial charge in [0.15, 0.2) is 6.29 Å². The average Bonchev–Trinajstić information content (AvgIpc) is 3.13. The van der Waals surface area contributed by atoms with Crippen LogP contribution in [-0.2, 0) is 9.53 Å². The van der Waals surface area contributed by atoms with Gasteiger partial charge in [0, 0.05) is 11.8 Å². The summed E-state index contributed by atoms with van der Waals surface area (Å²) in [6.07, 6.45) is 1.06. The lowest BCUT2D eigenvalue weighted by Crippen LogP contribution is -2.29. The molecule has 1 saturated carbocycles. The van der Waals surface area contributed by atoms with Crippen molar-refractivity contribution in [2.45, 2.75) is 18.3 Å². The zero-order valence-electron chi connectivity index (χ0n) is 11.1. The van der Waals surface area contributed by atoms with Gasteiger partial charge in [-0.2, -0.15) is 5.26 Å². The van der Waals surface area contributed by atoms with Crippen LogP contribution in [0.4, 0.5) is 0 Å². The molecule has 0 saturated heterocycles. The van der Waals surface area contributed by atoms with Gasteiger partial charge in [-0.05, 0) is 17.5 Å². The van der Waals surface area contributed by atoms with Gasteiger partial charge in [0.2, 0.25) is 0 Å². The molecule has 21 heavy (non-hydrogen) atoms. The van der Waals surface area contributed by atoms with E-state index in [1.165, 1.54) is 7.11 Å². The molecule has 0 radical (unpaired) electrons. The number of aromatic carboxylic acids is 1. The standard InChI is InChI=1S/C14H12N2O5/c1-21-14(20)9-6-2-5(7(9)3-15)10-8(4-17)16-12(11(6)10)13(18)19/h4-7,9,16H,2H2,1H3,(H,18,19)/t5-,6+,7+,9+/m1/s1. The Labute approximate surface area is 119 Å². The van der Waals surface area contributed by atoms with E-state index in [4.69, 9.17) is 4.74 Å². The highest BCUT2D eigenvalue weighted by atomic mass is 16.5. The molecule has 2 aliphatic carbocycles. The molecule has 1 aromatic heterocycles. The molecule has 4 atom stereocenters. The lowest BCUT2D eigenvalue weighted by molar-refractivity contribution is -0.146. The summed E-state index contributed by atoms with van der Waals surface area (Å²) in [6.45, 7) is 0. The number of carbonyl (C=O) groups is 3. The molecule has 0 aromatic carbocycles. The van der Waals surface area contributed by atoms with Gasteiger partial charge in [0.25, 0.3) is 0 Å². The van der Waals surface area contributed by atoms with Gasteiger partial charge in [0.1, 0.15) is 5.69 Å². The van der Waals surface area contributed by atoms with Gasteiger partial charge in [-0.1, -0.05) is 0 Å². The fraction of sp³-hybridized carbons (Fsp3) is 0.429. The first-order chi connectivity index (χ1) is 10.0. The third kappa shape index (κ3) is 1.56. The zero-order valence-corrected chi connectivity index (χ0v) is 11.1. The molecule has 0 spiro atoms. The van der Waals surface area contributed by atoms with Crippen molar-refractivity contribution in [3.8, 4) is 6.07 Å². The molecule has 7 heteroatoms. The van der Waals surface area contributed by atoms with Crippen LogP contribution >= 0.6 is 0 Å². The Bertz CT molecular complexity index is 699. The number of methoxy groups -OCH3 is 1. The number of fused-ring (bicyclic) bond motifs is 5. The van der Waals surface area contributed by atoms with Crippen molar-refractivity contribution in [2.24, 2.45) is 11.8 Å². The van der Waals surface area contributed by atoms with Crippen LogP contribution in [-0.4, -0.2) is 35.4 Å². The van der Waals surface area contributed by atoms with Crippen molar-refractivity contribution >= 4 is 18.2 Å². The number of aromatic nitrogens is 1. The molecule has 108 valence electrons. The third-order valence-corrected chi connectivity index (χ3v) is 4.57. The number of hydrogen-bond donors (Lipinski definition) is 2. The third-order valence-electron chi connectivity index (χ3n) is 4.57. The van der Waals surface area contributed by atoms with Crippen LogP contribution in [0, 0.1) is 23.2 Å². The lowest BCUT2D eigenvalue weighted by atomic mass is 9.76. The van der Waals surface area contributed by atoms with Crippen LogP contribution < -0.4 is 0 Å². The normalized spacial score (nSPS) is 28.8. The number of rotatable bonds is 3. The smallest absolute Gasteiger partial charge is 0.352 e. The number of ether oxygens (including phenoxy) is 1. The van der Waals surface area contributed by atoms with E-state index in [0.29, 0.717) is 23.8 Å². The summed E-state index contributed by atoms with van der Waals surface area (Å²) in [4.78, 5) is 37.0. The molecule has 0 aliphatic heterocycles. The van der Waals surface area contributed by atoms with Crippen molar-refractivity contribution in [1.29, 1.82) is 5.26 Å². The molecule has 2 N–H and O–H groups in total. The quantitative estimate of drug-likeness (QED) is 0.633. The number of nitriles is 1. The fourth-order valence-corrected chi connectivity index (χ4v) is 3.87. The van der Waals surface area contributed by atoms with E-state index in [2.05, 4.69) is 11.1 Å². The number of nitrogens with zero attached hydrogens (tertiary/aromatic N) is 1. The van der Waals surface area contributed by atoms with Crippen molar-refractivity contribution < 1.29 is 24.2 Å². The molecule has 2 aliphatic rings. The topological polar surface area (TPSA) is 120 Å². The highest BCUT2D eigenvalue weighted by Crippen LogP contribution is 2.61. The summed E-state index contributed by atoms with van der Waals surface area (Å²) in [5.41, 5.74) is 1.19. The predicted octanol–water partition coefficient (Wildman–Crippen LogP) is 1.04. The number of carboxylic acids is 1. The molecular formula is C14H12N2O5. The average molecular weight is 288 g/mol. The van der Waals surface area contributed by atoms with Crippen molar-refractivity contribution in [3.63, 3.8) is 0 Å². The van der Waals surface area contributed by atoms with E-state index in [9.17, 15) is 24.8 Å². The maximum absolute atomic E-state index is 11.9. The second kappa shape index (κ2) is 4.45. The van der Waals surface area contributed by atoms with Crippen LogP contribution in [0.5, 0.6) is 0 Å². The van der Waals surface area contributed by atoms with E-state index in [1.807, 2.05) is 0 Å². The van der Waals surface area contributed by atoms with E-state index in [1.54, 1.807) is 0 Å². The minimum Gasteiger partial charge on any atom is -0.477 e. The van der Waals surface area contributed by atoms with Gasteiger partial charge >= 0.3 is 11.9 Å².